The van der Waals surface area contributed by atoms with Crippen molar-refractivity contribution in [1.29, 1.82) is 0 Å². The van der Waals surface area contributed by atoms with E-state index in [2.05, 4.69) is 92.0 Å². The average molecular weight is 1500 g/mol. The van der Waals surface area contributed by atoms with Crippen molar-refractivity contribution in [3.8, 4) is 11.5 Å². The molecule has 0 aliphatic carbocycles. The Morgan fingerprint density at radius 2 is 0.982 bits per heavy atom. The molecule has 109 heavy (non-hydrogen) atoms. The summed E-state index contributed by atoms with van der Waals surface area (Å²) in [5.41, 5.74) is 29.5. The van der Waals surface area contributed by atoms with Crippen molar-refractivity contribution < 1.29 is 57.1 Å². The minimum absolute atomic E-state index is 0.0146. The molecule has 3 aromatic carbocycles. The fourth-order valence-electron chi connectivity index (χ4n) is 11.2. The van der Waals surface area contributed by atoms with Gasteiger partial charge in [-0.05, 0) is 156 Å². The van der Waals surface area contributed by atoms with Crippen molar-refractivity contribution in [3.63, 3.8) is 0 Å². The van der Waals surface area contributed by atoms with Gasteiger partial charge in [-0.3, -0.25) is 24.0 Å². The van der Waals surface area contributed by atoms with E-state index in [1.165, 1.54) is 5.56 Å². The number of nitrogen functional groups attached to an aromatic ring is 4. The van der Waals surface area contributed by atoms with Gasteiger partial charge in [-0.15, -0.1) is 0 Å². The van der Waals surface area contributed by atoms with Gasteiger partial charge in [0.1, 0.15) is 23.5 Å². The van der Waals surface area contributed by atoms with Crippen molar-refractivity contribution in [2.45, 2.75) is 157 Å². The lowest BCUT2D eigenvalue weighted by Gasteiger charge is -2.29. The molecule has 17 N–H and O–H groups in total. The number of carbonyl (C=O) groups is 9. The zero-order valence-electron chi connectivity index (χ0n) is 62.9. The number of pyridine rings is 3. The second-order valence-corrected chi connectivity index (χ2v) is 26.6. The van der Waals surface area contributed by atoms with E-state index >= 15 is 0 Å². The van der Waals surface area contributed by atoms with Crippen molar-refractivity contribution in [1.82, 2.24) is 92.5 Å². The Morgan fingerprint density at radius 1 is 0.532 bits per heavy atom. The van der Waals surface area contributed by atoms with Crippen molar-refractivity contribution >= 4 is 76.8 Å². The number of hydrogen-bond donors (Lipinski definition) is 13. The Labute approximate surface area is 633 Å². The van der Waals surface area contributed by atoms with Gasteiger partial charge in [-0.1, -0.05) is 72.7 Å². The first-order valence-corrected chi connectivity index (χ1v) is 35.9. The number of anilines is 4. The van der Waals surface area contributed by atoms with Gasteiger partial charge < -0.3 is 104 Å². The minimum Gasteiger partial charge on any atom is -0.454 e. The van der Waals surface area contributed by atoms with Crippen LogP contribution in [0.5, 0.6) is 11.5 Å². The molecule has 2 atom stereocenters. The summed E-state index contributed by atoms with van der Waals surface area (Å²) < 4.78 is 15.9. The molecule has 7 heterocycles. The molecular formula is C75H102N22O12. The maximum absolute atomic E-state index is 12.6. The fraction of sp³-hybridized carbons (Fsp3) is 0.413. The maximum atomic E-state index is 12.6. The summed E-state index contributed by atoms with van der Waals surface area (Å²) in [5.74, 6) is 2.97. The Balaban J connectivity index is 0.000000202. The number of rotatable bonds is 27. The van der Waals surface area contributed by atoms with Gasteiger partial charge in [0.25, 0.3) is 0 Å². The molecule has 34 heteroatoms. The lowest BCUT2D eigenvalue weighted by molar-refractivity contribution is -0.133. The van der Waals surface area contributed by atoms with Crippen molar-refractivity contribution in [3.05, 3.63) is 172 Å². The van der Waals surface area contributed by atoms with E-state index in [9.17, 15) is 43.2 Å². The van der Waals surface area contributed by atoms with Gasteiger partial charge in [-0.25, -0.2) is 34.1 Å². The molecule has 2 unspecified atom stereocenters. The maximum Gasteiger partial charge on any atom is 0.315 e. The number of hydrogen-bond acceptors (Lipinski definition) is 21. The number of ether oxygens (including phenoxy) is 2. The lowest BCUT2D eigenvalue weighted by Crippen LogP contribution is -2.49. The van der Waals surface area contributed by atoms with Gasteiger partial charge in [0.05, 0.1) is 26.2 Å². The highest BCUT2D eigenvalue weighted by atomic mass is 16.7. The van der Waals surface area contributed by atoms with Crippen molar-refractivity contribution in [2.24, 2.45) is 0 Å². The third kappa shape index (κ3) is 28.7. The summed E-state index contributed by atoms with van der Waals surface area (Å²) in [6, 6.07) is 29.4. The van der Waals surface area contributed by atoms with Crippen LogP contribution in [0.3, 0.4) is 0 Å². The molecule has 3 aliphatic heterocycles. The van der Waals surface area contributed by atoms with E-state index in [1.54, 1.807) is 93.6 Å². The highest BCUT2D eigenvalue weighted by Crippen LogP contribution is 2.33. The first kappa shape index (κ1) is 83.7. The number of aromatic nitrogens is 5. The number of nitrogens with zero attached hydrogens (tertiary/aromatic N) is 9. The van der Waals surface area contributed by atoms with E-state index in [0.717, 1.165) is 59.1 Å². The van der Waals surface area contributed by atoms with Crippen LogP contribution < -0.4 is 80.3 Å². The van der Waals surface area contributed by atoms with Crippen LogP contribution in [-0.4, -0.2) is 169 Å². The van der Waals surface area contributed by atoms with Gasteiger partial charge in [0.2, 0.25) is 42.2 Å². The van der Waals surface area contributed by atoms with Crippen LogP contribution in [0.25, 0.3) is 0 Å². The van der Waals surface area contributed by atoms with E-state index in [4.69, 9.17) is 36.9 Å². The second-order valence-electron chi connectivity index (χ2n) is 26.6. The standard InChI is InChI=1S/C21H29N5O2.C20H25N5O4.C17H22N6O3.C17H26N6O3/c1-4-16-6-5-7-17(10-16)14-26(15(2)3)20(27)13-25-21(28)24-12-18-8-9-19(22)23-11-18;1-13(2)25(11-14-3-5-16-17(7-14)29-12-28-16)19(26)10-24-20(27)23-9-15-4-6-18(21)22-8-15;1-11-21-16(26-22-11)14-3-2-8-23(14)15(24)10-20-17(25)19-9-12-4-6-13(18)7-5-12;1-11(2)23(10-13-4-6-15(24)22-13)16(25)9-21-17(26)20-8-12-3-5-14(18)19-7-12/h5-11,15H,4,12-14H2,1-3H3,(H2,22,23)(H2,24,25,28);3-8,13H,9-12H2,1-2H3,(H2,21,22)(H2,23,24,27);4-7,14H,2-3,8-10,18H2,1H3,(H2,19,20,25);3,5,7,11,13H,4,6,8-10H2,1-2H3,(H2,18,19)(H,22,24)(H2,20,21,26). The molecule has 13 amide bonds. The number of aryl methyl sites for hydroxylation is 2. The molecule has 0 spiro atoms. The van der Waals surface area contributed by atoms with Crippen LogP contribution >= 0.6 is 0 Å². The zero-order chi connectivity index (χ0) is 78.9. The molecule has 2 saturated heterocycles. The summed E-state index contributed by atoms with van der Waals surface area (Å²) in [6.07, 6.45) is 8.58. The molecule has 0 bridgehead atoms. The molecule has 0 saturated carbocycles. The number of nitrogens with one attached hydrogen (secondary N) is 9. The topological polar surface area (TPSA) is 475 Å². The SMILES string of the molecule is CC(C)N(CC1CCC(=O)N1)C(=O)CNC(=O)NCc1ccc(N)nc1.CC(C)N(Cc1ccc2c(c1)OCO2)C(=O)CNC(=O)NCc1ccc(N)nc1.CCc1cccc(CN(C(=O)CNC(=O)NCc2ccc(N)nc2)C(C)C)c1.Cc1noc(C2CCCN2C(=O)CNC(=O)NCc2ccc(N)cc2)n1. The highest BCUT2D eigenvalue weighted by molar-refractivity contribution is 5.87. The Bertz CT molecular complexity index is 4130. The van der Waals surface area contributed by atoms with Crippen LogP contribution in [0.4, 0.5) is 42.3 Å². The number of nitrogens with two attached hydrogens (primary N) is 4. The van der Waals surface area contributed by atoms with Crippen LogP contribution in [0.15, 0.2) is 126 Å². The van der Waals surface area contributed by atoms with E-state index in [1.807, 2.05) is 84.0 Å². The fourth-order valence-corrected chi connectivity index (χ4v) is 11.2. The molecule has 0 radical (unpaired) electrons. The molecule has 3 aliphatic rings. The van der Waals surface area contributed by atoms with Gasteiger partial charge in [0, 0.05) is 107 Å². The molecule has 2 fully saturated rings. The molecule has 584 valence electrons. The summed E-state index contributed by atoms with van der Waals surface area (Å²) in [6.45, 7) is 18.5. The van der Waals surface area contributed by atoms with Gasteiger partial charge >= 0.3 is 24.1 Å². The summed E-state index contributed by atoms with van der Waals surface area (Å²) in [5, 5.41) is 27.8. The normalized spacial score (nSPS) is 13.7. The monoisotopic (exact) mass is 1500 g/mol. The van der Waals surface area contributed by atoms with Crippen LogP contribution in [0.2, 0.25) is 0 Å². The molecule has 4 aromatic heterocycles. The third-order valence-corrected chi connectivity index (χ3v) is 17.2. The van der Waals surface area contributed by atoms with Gasteiger partial charge in [0.15, 0.2) is 17.3 Å². The van der Waals surface area contributed by atoms with E-state index in [0.29, 0.717) is 98.6 Å². The second kappa shape index (κ2) is 42.6. The Hall–Kier alpha value is -12.5. The Morgan fingerprint density at radius 3 is 1.43 bits per heavy atom. The van der Waals surface area contributed by atoms with E-state index in [-0.39, 0.29) is 99.3 Å². The quantitative estimate of drug-likeness (QED) is 0.0294. The number of fused-ring (bicyclic) bond motifs is 1. The van der Waals surface area contributed by atoms with Crippen LogP contribution in [0.1, 0.15) is 131 Å². The number of urea groups is 4. The number of benzene rings is 3. The first-order chi connectivity index (χ1) is 52.2. The molecule has 10 rings (SSSR count). The number of amides is 13. The van der Waals surface area contributed by atoms with Gasteiger partial charge in [-0.2, -0.15) is 4.98 Å². The molecule has 34 nitrogen and oxygen atoms in total. The van der Waals surface area contributed by atoms with Crippen LogP contribution in [0, 0.1) is 6.92 Å². The predicted octanol–water partition coefficient (Wildman–Crippen LogP) is 5.19. The molecule has 7 aromatic rings. The largest absolute Gasteiger partial charge is 0.454 e. The minimum atomic E-state index is -0.437. The summed E-state index contributed by atoms with van der Waals surface area (Å²) in [4.78, 5) is 132. The highest BCUT2D eigenvalue weighted by Gasteiger charge is 2.34. The number of likely N-dealkylation sites (tertiary alicyclic amines) is 1. The molecular weight excluding hydrogens is 1400 g/mol. The first-order valence-electron chi connectivity index (χ1n) is 35.9. The van der Waals surface area contributed by atoms with Crippen LogP contribution in [-0.2, 0) is 69.7 Å². The zero-order valence-corrected chi connectivity index (χ0v) is 62.9. The summed E-state index contributed by atoms with van der Waals surface area (Å²) in [7, 11) is 0. The summed E-state index contributed by atoms with van der Waals surface area (Å²) >= 11 is 0. The Kier molecular flexibility index (Phi) is 32.7. The smallest absolute Gasteiger partial charge is 0.315 e. The van der Waals surface area contributed by atoms with Crippen molar-refractivity contribution in [2.75, 3.05) is 69.0 Å². The average Bonchev–Trinajstić information content (AvgIpc) is 1.69. The predicted molar refractivity (Wildman–Crippen MR) is 408 cm³/mol. The van der Waals surface area contributed by atoms with E-state index < -0.39 is 24.1 Å². The third-order valence-electron chi connectivity index (χ3n) is 17.2. The lowest BCUT2D eigenvalue weighted by atomic mass is 10.1. The number of carbonyl (C=O) groups excluding carboxylic acids is 9.